The Morgan fingerprint density at radius 2 is 2.03 bits per heavy atom. The van der Waals surface area contributed by atoms with Crippen molar-refractivity contribution in [2.75, 3.05) is 0 Å². The van der Waals surface area contributed by atoms with Crippen molar-refractivity contribution < 1.29 is 19.0 Å². The second-order valence-corrected chi connectivity index (χ2v) is 8.59. The highest BCUT2D eigenvalue weighted by molar-refractivity contribution is 5.90. The molecule has 3 N–H and O–H groups in total. The van der Waals surface area contributed by atoms with Crippen LogP contribution >= 0.6 is 0 Å². The van der Waals surface area contributed by atoms with E-state index in [0.717, 1.165) is 16.5 Å². The number of aryl methyl sites for hydroxylation is 1. The van der Waals surface area contributed by atoms with Gasteiger partial charge in [0.15, 0.2) is 5.60 Å². The molecular formula is C24H24FN3O4. The lowest BCUT2D eigenvalue weighted by Gasteiger charge is -2.31. The number of carbonyl (C=O) groups is 1. The van der Waals surface area contributed by atoms with Gasteiger partial charge in [0.1, 0.15) is 12.4 Å². The van der Waals surface area contributed by atoms with Gasteiger partial charge in [-0.05, 0) is 43.0 Å². The number of hydrogen-bond donors (Lipinski definition) is 2. The molecule has 0 bridgehead atoms. The van der Waals surface area contributed by atoms with E-state index in [-0.39, 0.29) is 48.1 Å². The number of aromatic nitrogens is 2. The van der Waals surface area contributed by atoms with E-state index in [9.17, 15) is 19.1 Å². The molecule has 5 rings (SSSR count). The van der Waals surface area contributed by atoms with Crippen LogP contribution in [0.2, 0.25) is 0 Å². The van der Waals surface area contributed by atoms with Gasteiger partial charge in [0.25, 0.3) is 5.56 Å². The van der Waals surface area contributed by atoms with Crippen molar-refractivity contribution in [2.24, 2.45) is 5.73 Å². The fourth-order valence-corrected chi connectivity index (χ4v) is 4.87. The maximum Gasteiger partial charge on any atom is 0.343 e. The molecule has 1 aromatic carbocycles. The first kappa shape index (κ1) is 20.8. The zero-order valence-corrected chi connectivity index (χ0v) is 18.2. The molecule has 0 fully saturated rings. The SMILES string of the molecule is CC[C@@H](N)c1c2c(nc3cc(F)c(C)cc13)-c1cc3c(c(=O)n1C2)COC(=O)[C@]3(O)CC. The predicted molar refractivity (Wildman–Crippen MR) is 116 cm³/mol. The van der Waals surface area contributed by atoms with Crippen LogP contribution in [-0.4, -0.2) is 20.6 Å². The number of pyridine rings is 2. The number of esters is 1. The number of rotatable bonds is 3. The first-order valence-electron chi connectivity index (χ1n) is 10.8. The largest absolute Gasteiger partial charge is 0.458 e. The van der Waals surface area contributed by atoms with Gasteiger partial charge in [-0.3, -0.25) is 4.79 Å². The van der Waals surface area contributed by atoms with Crippen LogP contribution in [0.4, 0.5) is 4.39 Å². The Kier molecular flexibility index (Phi) is 4.51. The van der Waals surface area contributed by atoms with Crippen molar-refractivity contribution >= 4 is 16.9 Å². The van der Waals surface area contributed by atoms with Crippen LogP contribution in [0.25, 0.3) is 22.3 Å². The molecule has 0 radical (unpaired) electrons. The molecule has 3 aromatic rings. The van der Waals surface area contributed by atoms with Crippen molar-refractivity contribution in [2.45, 2.75) is 58.4 Å². The van der Waals surface area contributed by atoms with E-state index in [1.54, 1.807) is 30.5 Å². The van der Waals surface area contributed by atoms with Gasteiger partial charge in [-0.2, -0.15) is 0 Å². The number of fused-ring (bicyclic) bond motifs is 5. The van der Waals surface area contributed by atoms with Gasteiger partial charge in [-0.15, -0.1) is 0 Å². The summed E-state index contributed by atoms with van der Waals surface area (Å²) < 4.78 is 21.1. The fourth-order valence-electron chi connectivity index (χ4n) is 4.87. The zero-order chi connectivity index (χ0) is 22.9. The normalized spacial score (nSPS) is 20.0. The van der Waals surface area contributed by atoms with Crippen LogP contribution in [0.3, 0.4) is 0 Å². The molecule has 8 heteroatoms. The Bertz CT molecular complexity index is 1380. The molecule has 0 aliphatic carbocycles. The van der Waals surface area contributed by atoms with Crippen molar-refractivity contribution in [3.05, 3.63) is 62.2 Å². The summed E-state index contributed by atoms with van der Waals surface area (Å²) in [5.41, 5.74) is 8.38. The summed E-state index contributed by atoms with van der Waals surface area (Å²) in [5.74, 6) is -1.14. The van der Waals surface area contributed by atoms with Crippen molar-refractivity contribution in [1.29, 1.82) is 0 Å². The minimum atomic E-state index is -1.90. The van der Waals surface area contributed by atoms with E-state index in [2.05, 4.69) is 0 Å². The molecule has 7 nitrogen and oxygen atoms in total. The maximum atomic E-state index is 14.4. The maximum absolute atomic E-state index is 14.4. The predicted octanol–water partition coefficient (Wildman–Crippen LogP) is 2.94. The number of nitrogens with two attached hydrogens (primary N) is 1. The van der Waals surface area contributed by atoms with Gasteiger partial charge >= 0.3 is 5.97 Å². The Morgan fingerprint density at radius 3 is 2.72 bits per heavy atom. The number of nitrogens with zero attached hydrogens (tertiary/aromatic N) is 2. The van der Waals surface area contributed by atoms with E-state index >= 15 is 0 Å². The highest BCUT2D eigenvalue weighted by Crippen LogP contribution is 2.42. The average Bonchev–Trinajstić information content (AvgIpc) is 3.14. The van der Waals surface area contributed by atoms with Crippen LogP contribution in [0.1, 0.15) is 60.5 Å². The lowest BCUT2D eigenvalue weighted by Crippen LogP contribution is -2.44. The van der Waals surface area contributed by atoms with Crippen molar-refractivity contribution in [3.8, 4) is 11.4 Å². The Morgan fingerprint density at radius 1 is 1.28 bits per heavy atom. The van der Waals surface area contributed by atoms with E-state index in [1.165, 1.54) is 6.07 Å². The molecule has 0 unspecified atom stereocenters. The van der Waals surface area contributed by atoms with Gasteiger partial charge in [-0.25, -0.2) is 14.2 Å². The molecule has 2 aliphatic rings. The Hall–Kier alpha value is -3.10. The Balaban J connectivity index is 1.86. The monoisotopic (exact) mass is 437 g/mol. The number of carbonyl (C=O) groups excluding carboxylic acids is 1. The number of hydrogen-bond acceptors (Lipinski definition) is 6. The summed E-state index contributed by atoms with van der Waals surface area (Å²) in [6.45, 7) is 5.39. The lowest BCUT2D eigenvalue weighted by molar-refractivity contribution is -0.172. The minimum absolute atomic E-state index is 0.0657. The standard InChI is InChI=1S/C24H24FN3O4/c1-4-17(26)20-12-6-11(3)16(25)8-18(12)27-21-13(20)9-28-19(21)7-15-14(22(28)29)10-32-23(30)24(15,31)5-2/h6-8,17,31H,4-5,9-10,26H2,1-3H3/t17-,24+/m1/s1. The molecule has 4 heterocycles. The molecule has 32 heavy (non-hydrogen) atoms. The van der Waals surface area contributed by atoms with E-state index in [0.29, 0.717) is 28.9 Å². The molecule has 2 atom stereocenters. The van der Waals surface area contributed by atoms with Gasteiger partial charge in [-0.1, -0.05) is 13.8 Å². The third-order valence-corrected chi connectivity index (χ3v) is 6.82. The van der Waals surface area contributed by atoms with Gasteiger partial charge in [0, 0.05) is 28.6 Å². The average molecular weight is 437 g/mol. The smallest absolute Gasteiger partial charge is 0.343 e. The first-order chi connectivity index (χ1) is 15.2. The van der Waals surface area contributed by atoms with Crippen LogP contribution in [0.5, 0.6) is 0 Å². The first-order valence-corrected chi connectivity index (χ1v) is 10.8. The second kappa shape index (κ2) is 6.95. The van der Waals surface area contributed by atoms with E-state index < -0.39 is 11.6 Å². The third kappa shape index (κ3) is 2.63. The van der Waals surface area contributed by atoms with E-state index in [1.807, 2.05) is 6.92 Å². The molecule has 0 saturated carbocycles. The summed E-state index contributed by atoms with van der Waals surface area (Å²) in [4.78, 5) is 30.4. The van der Waals surface area contributed by atoms with Gasteiger partial charge < -0.3 is 20.1 Å². The molecule has 0 saturated heterocycles. The van der Waals surface area contributed by atoms with Crippen molar-refractivity contribution in [3.63, 3.8) is 0 Å². The summed E-state index contributed by atoms with van der Waals surface area (Å²) >= 11 is 0. The number of ether oxygens (including phenoxy) is 1. The fraction of sp³-hybridized carbons (Fsp3) is 0.375. The second-order valence-electron chi connectivity index (χ2n) is 8.59. The van der Waals surface area contributed by atoms with Crippen LogP contribution in [-0.2, 0) is 28.3 Å². The zero-order valence-electron chi connectivity index (χ0n) is 18.2. The number of aliphatic hydroxyl groups is 1. The molecule has 166 valence electrons. The highest BCUT2D eigenvalue weighted by Gasteiger charge is 2.45. The molecule has 0 amide bonds. The quantitative estimate of drug-likeness (QED) is 0.477. The summed E-state index contributed by atoms with van der Waals surface area (Å²) in [5, 5.41) is 11.8. The third-order valence-electron chi connectivity index (χ3n) is 6.82. The topological polar surface area (TPSA) is 107 Å². The van der Waals surface area contributed by atoms with Crippen LogP contribution in [0.15, 0.2) is 23.0 Å². The number of cyclic esters (lactones) is 1. The summed E-state index contributed by atoms with van der Waals surface area (Å²) in [6, 6.07) is 4.46. The van der Waals surface area contributed by atoms with Crippen LogP contribution in [0, 0.1) is 12.7 Å². The van der Waals surface area contributed by atoms with Crippen LogP contribution < -0.4 is 11.3 Å². The van der Waals surface area contributed by atoms with Gasteiger partial charge in [0.2, 0.25) is 0 Å². The van der Waals surface area contributed by atoms with Gasteiger partial charge in [0.05, 0.1) is 29.0 Å². The molecular weight excluding hydrogens is 413 g/mol. The summed E-state index contributed by atoms with van der Waals surface area (Å²) in [7, 11) is 0. The lowest BCUT2D eigenvalue weighted by atomic mass is 9.86. The van der Waals surface area contributed by atoms with Crippen molar-refractivity contribution in [1.82, 2.24) is 9.55 Å². The molecule has 0 spiro atoms. The highest BCUT2D eigenvalue weighted by atomic mass is 19.1. The molecule has 2 aromatic heterocycles. The molecule has 2 aliphatic heterocycles. The summed E-state index contributed by atoms with van der Waals surface area (Å²) in [6.07, 6.45) is 0.720. The minimum Gasteiger partial charge on any atom is -0.458 e. The number of benzene rings is 1. The number of halogens is 1. The Labute approximate surface area is 183 Å². The van der Waals surface area contributed by atoms with E-state index in [4.69, 9.17) is 15.5 Å².